The first kappa shape index (κ1) is 13.2. The highest BCUT2D eigenvalue weighted by atomic mass is 28.3. The zero-order valence-corrected chi connectivity index (χ0v) is 13.5. The van der Waals surface area contributed by atoms with Crippen molar-refractivity contribution < 1.29 is 0 Å². The molecule has 0 unspecified atom stereocenters. The molecule has 0 fully saturated rings. The van der Waals surface area contributed by atoms with Gasteiger partial charge in [-0.2, -0.15) is 0 Å². The summed E-state index contributed by atoms with van der Waals surface area (Å²) in [5, 5.41) is 0. The first-order chi connectivity index (χ1) is 10.9. The Morgan fingerprint density at radius 1 is 0.545 bits per heavy atom. The number of para-hydroxylation sites is 4. The van der Waals surface area contributed by atoms with Crippen molar-refractivity contribution in [2.45, 2.75) is 6.55 Å². The summed E-state index contributed by atoms with van der Waals surface area (Å²) >= 11 is 0. The molecule has 3 aromatic rings. The van der Waals surface area contributed by atoms with Crippen molar-refractivity contribution in [1.29, 1.82) is 0 Å². The minimum absolute atomic E-state index is 0.929. The maximum Gasteiger partial charge on any atom is 0.304 e. The molecule has 0 saturated heterocycles. The van der Waals surface area contributed by atoms with E-state index in [4.69, 9.17) is 0 Å². The van der Waals surface area contributed by atoms with E-state index in [0.29, 0.717) is 0 Å². The van der Waals surface area contributed by atoms with Crippen molar-refractivity contribution in [2.24, 2.45) is 0 Å². The van der Waals surface area contributed by atoms with Gasteiger partial charge in [-0.3, -0.25) is 0 Å². The molecular formula is C19H17N2Si. The molecule has 1 aliphatic heterocycles. The van der Waals surface area contributed by atoms with Gasteiger partial charge in [0.15, 0.2) is 0 Å². The highest BCUT2D eigenvalue weighted by Crippen LogP contribution is 2.45. The second-order valence-corrected chi connectivity index (χ2v) is 7.37. The van der Waals surface area contributed by atoms with Crippen LogP contribution < -0.4 is 9.13 Å². The summed E-state index contributed by atoms with van der Waals surface area (Å²) in [7, 11) is -0.929. The second kappa shape index (κ2) is 5.35. The third kappa shape index (κ3) is 2.02. The molecular weight excluding hydrogens is 284 g/mol. The van der Waals surface area contributed by atoms with Crippen LogP contribution in [0.25, 0.3) is 0 Å². The number of hydrogen-bond acceptors (Lipinski definition) is 2. The van der Waals surface area contributed by atoms with Crippen LogP contribution in [-0.4, -0.2) is 9.12 Å². The van der Waals surface area contributed by atoms with Crippen molar-refractivity contribution >= 4 is 31.9 Å². The molecule has 2 nitrogen and oxygen atoms in total. The van der Waals surface area contributed by atoms with E-state index in [0.717, 1.165) is 0 Å². The van der Waals surface area contributed by atoms with E-state index >= 15 is 0 Å². The topological polar surface area (TPSA) is 6.48 Å². The highest BCUT2D eigenvalue weighted by Gasteiger charge is 2.36. The molecule has 0 saturated carbocycles. The largest absolute Gasteiger partial charge is 0.348 e. The zero-order chi connectivity index (χ0) is 14.9. The number of hydrogen-bond donors (Lipinski definition) is 0. The van der Waals surface area contributed by atoms with Gasteiger partial charge in [-0.05, 0) is 42.9 Å². The van der Waals surface area contributed by atoms with Crippen LogP contribution in [-0.2, 0) is 0 Å². The molecule has 1 aliphatic rings. The van der Waals surface area contributed by atoms with Crippen LogP contribution in [0.5, 0.6) is 0 Å². The number of benzene rings is 3. The van der Waals surface area contributed by atoms with Gasteiger partial charge in [0.05, 0.1) is 11.4 Å². The molecule has 0 bridgehead atoms. The Bertz CT molecular complexity index is 707. The van der Waals surface area contributed by atoms with E-state index in [1.165, 1.54) is 22.7 Å². The van der Waals surface area contributed by atoms with Crippen LogP contribution in [0, 0.1) is 0 Å². The third-order valence-corrected chi connectivity index (χ3v) is 6.33. The summed E-state index contributed by atoms with van der Waals surface area (Å²) in [6.45, 7) is 2.35. The molecule has 4 rings (SSSR count). The molecule has 0 aromatic heterocycles. The van der Waals surface area contributed by atoms with Gasteiger partial charge >= 0.3 is 9.12 Å². The Balaban J connectivity index is 1.87. The molecule has 0 amide bonds. The summed E-state index contributed by atoms with van der Waals surface area (Å²) < 4.78 is 4.99. The van der Waals surface area contributed by atoms with E-state index < -0.39 is 9.12 Å². The lowest BCUT2D eigenvalue weighted by Gasteiger charge is -2.27. The minimum Gasteiger partial charge on any atom is -0.348 e. The summed E-state index contributed by atoms with van der Waals surface area (Å²) in [6, 6.07) is 30.0. The smallest absolute Gasteiger partial charge is 0.304 e. The quantitative estimate of drug-likeness (QED) is 0.608. The fourth-order valence-electron chi connectivity index (χ4n) is 3.10. The molecule has 1 radical (unpaired) electrons. The molecule has 3 heteroatoms. The average molecular weight is 301 g/mol. The summed E-state index contributed by atoms with van der Waals surface area (Å²) in [6.07, 6.45) is 0. The second-order valence-electron chi connectivity index (χ2n) is 5.38. The fourth-order valence-corrected chi connectivity index (χ4v) is 5.42. The van der Waals surface area contributed by atoms with Crippen LogP contribution >= 0.6 is 0 Å². The predicted molar refractivity (Wildman–Crippen MR) is 95.2 cm³/mol. The number of rotatable bonds is 2. The lowest BCUT2D eigenvalue weighted by atomic mass is 10.2. The van der Waals surface area contributed by atoms with E-state index in [1.54, 1.807) is 0 Å². The van der Waals surface area contributed by atoms with Gasteiger partial charge in [0, 0.05) is 11.4 Å². The zero-order valence-electron chi connectivity index (χ0n) is 12.5. The summed E-state index contributed by atoms with van der Waals surface area (Å²) in [4.78, 5) is 0. The molecule has 0 N–H and O–H groups in total. The summed E-state index contributed by atoms with van der Waals surface area (Å²) in [5.41, 5.74) is 5.14. The Kier molecular flexibility index (Phi) is 3.20. The SMILES string of the molecule is C[Si]1N(c2ccccc2)c2ccccc2N1c1ccccc1. The van der Waals surface area contributed by atoms with Gasteiger partial charge < -0.3 is 9.13 Å². The lowest BCUT2D eigenvalue weighted by Crippen LogP contribution is -2.40. The molecule has 107 valence electrons. The molecule has 22 heavy (non-hydrogen) atoms. The lowest BCUT2D eigenvalue weighted by molar-refractivity contribution is 1.38. The van der Waals surface area contributed by atoms with Crippen molar-refractivity contribution in [1.82, 2.24) is 0 Å². The van der Waals surface area contributed by atoms with Crippen LogP contribution in [0.2, 0.25) is 6.55 Å². The highest BCUT2D eigenvalue weighted by molar-refractivity contribution is 6.72. The maximum absolute atomic E-state index is 2.49. The molecule has 0 spiro atoms. The standard InChI is InChI=1S/C19H17N2Si/c1-22-20(16-10-4-2-5-11-16)18-14-8-9-15-19(18)21(22)17-12-6-3-7-13-17/h2-15H,1H3. The van der Waals surface area contributed by atoms with Crippen LogP contribution in [0.1, 0.15) is 0 Å². The van der Waals surface area contributed by atoms with Crippen LogP contribution in [0.3, 0.4) is 0 Å². The van der Waals surface area contributed by atoms with Crippen LogP contribution in [0.4, 0.5) is 22.7 Å². The van der Waals surface area contributed by atoms with Gasteiger partial charge in [0.2, 0.25) is 0 Å². The number of anilines is 4. The van der Waals surface area contributed by atoms with Gasteiger partial charge in [-0.15, -0.1) is 0 Å². The Labute approximate surface area is 133 Å². The third-order valence-electron chi connectivity index (χ3n) is 4.04. The van der Waals surface area contributed by atoms with E-state index in [1.807, 2.05) is 0 Å². The monoisotopic (exact) mass is 301 g/mol. The van der Waals surface area contributed by atoms with Crippen molar-refractivity contribution in [2.75, 3.05) is 9.13 Å². The van der Waals surface area contributed by atoms with Gasteiger partial charge in [0.25, 0.3) is 0 Å². The first-order valence-electron chi connectivity index (χ1n) is 7.49. The molecule has 0 aliphatic carbocycles. The first-order valence-corrected chi connectivity index (χ1v) is 9.38. The van der Waals surface area contributed by atoms with Gasteiger partial charge in [-0.1, -0.05) is 48.5 Å². The Morgan fingerprint density at radius 3 is 1.32 bits per heavy atom. The summed E-state index contributed by atoms with van der Waals surface area (Å²) in [5.74, 6) is 0. The number of nitrogens with zero attached hydrogens (tertiary/aromatic N) is 2. The Morgan fingerprint density at radius 2 is 0.909 bits per heavy atom. The van der Waals surface area contributed by atoms with Gasteiger partial charge in [0.1, 0.15) is 0 Å². The normalized spacial score (nSPS) is 14.2. The van der Waals surface area contributed by atoms with E-state index in [2.05, 4.69) is 101 Å². The number of fused-ring (bicyclic) bond motifs is 1. The molecule has 0 atom stereocenters. The van der Waals surface area contributed by atoms with E-state index in [9.17, 15) is 0 Å². The predicted octanol–water partition coefficient (Wildman–Crippen LogP) is 5.09. The van der Waals surface area contributed by atoms with Crippen molar-refractivity contribution in [3.63, 3.8) is 0 Å². The van der Waals surface area contributed by atoms with Crippen LogP contribution in [0.15, 0.2) is 84.9 Å². The van der Waals surface area contributed by atoms with Gasteiger partial charge in [-0.25, -0.2) is 0 Å². The molecule has 1 heterocycles. The average Bonchev–Trinajstić information content (AvgIpc) is 2.88. The maximum atomic E-state index is 2.49. The van der Waals surface area contributed by atoms with Crippen molar-refractivity contribution in [3.8, 4) is 0 Å². The molecule has 3 aromatic carbocycles. The van der Waals surface area contributed by atoms with Crippen molar-refractivity contribution in [3.05, 3.63) is 84.9 Å². The fraction of sp³-hybridized carbons (Fsp3) is 0.0526. The Hall–Kier alpha value is -2.52. The minimum atomic E-state index is -0.929. The van der Waals surface area contributed by atoms with E-state index in [-0.39, 0.29) is 0 Å².